The number of rotatable bonds is 4. The summed E-state index contributed by atoms with van der Waals surface area (Å²) in [5.41, 5.74) is 1.02. The van der Waals surface area contributed by atoms with Crippen molar-refractivity contribution in [2.45, 2.75) is 20.8 Å². The number of aliphatic carboxylic acids is 1. The van der Waals surface area contributed by atoms with Crippen molar-refractivity contribution in [3.63, 3.8) is 0 Å². The minimum Gasteiger partial charge on any atom is -0.481 e. The molecular formula is C13H16FNO3. The van der Waals surface area contributed by atoms with Crippen molar-refractivity contribution in [2.75, 3.05) is 5.32 Å². The van der Waals surface area contributed by atoms with Crippen LogP contribution in [0, 0.1) is 24.6 Å². The summed E-state index contributed by atoms with van der Waals surface area (Å²) >= 11 is 0. The number of carbonyl (C=O) groups is 2. The van der Waals surface area contributed by atoms with E-state index in [9.17, 15) is 14.0 Å². The lowest BCUT2D eigenvalue weighted by molar-refractivity contribution is -0.145. The zero-order chi connectivity index (χ0) is 13.9. The lowest BCUT2D eigenvalue weighted by Gasteiger charge is -2.16. The molecule has 4 nitrogen and oxygen atoms in total. The van der Waals surface area contributed by atoms with E-state index in [-0.39, 0.29) is 0 Å². The number of carbonyl (C=O) groups excluding carboxylic acids is 1. The van der Waals surface area contributed by atoms with Gasteiger partial charge in [-0.05, 0) is 30.7 Å². The summed E-state index contributed by atoms with van der Waals surface area (Å²) in [5.74, 6) is -3.39. The van der Waals surface area contributed by atoms with E-state index in [0.717, 1.165) is 0 Å². The molecule has 5 heteroatoms. The van der Waals surface area contributed by atoms with Crippen LogP contribution in [-0.4, -0.2) is 17.0 Å². The van der Waals surface area contributed by atoms with Crippen LogP contribution in [0.1, 0.15) is 19.4 Å². The van der Waals surface area contributed by atoms with Gasteiger partial charge in [-0.2, -0.15) is 0 Å². The van der Waals surface area contributed by atoms with Gasteiger partial charge in [0.1, 0.15) is 5.82 Å². The first-order valence-electron chi connectivity index (χ1n) is 5.62. The van der Waals surface area contributed by atoms with Crippen molar-refractivity contribution in [1.29, 1.82) is 0 Å². The summed E-state index contributed by atoms with van der Waals surface area (Å²) < 4.78 is 13.1. The van der Waals surface area contributed by atoms with Crippen LogP contribution in [0.2, 0.25) is 0 Å². The van der Waals surface area contributed by atoms with E-state index < -0.39 is 29.5 Å². The molecule has 0 heterocycles. The first-order chi connectivity index (χ1) is 8.31. The Morgan fingerprint density at radius 3 is 2.33 bits per heavy atom. The van der Waals surface area contributed by atoms with Crippen molar-refractivity contribution >= 4 is 17.6 Å². The van der Waals surface area contributed by atoms with E-state index in [0.29, 0.717) is 11.3 Å². The van der Waals surface area contributed by atoms with Crippen LogP contribution in [0.15, 0.2) is 18.2 Å². The van der Waals surface area contributed by atoms with E-state index in [1.807, 2.05) is 0 Å². The molecule has 1 rings (SSSR count). The molecule has 1 amide bonds. The number of carboxylic acid groups (broad SMARTS) is 1. The monoisotopic (exact) mass is 253 g/mol. The Kier molecular flexibility index (Phi) is 4.42. The van der Waals surface area contributed by atoms with Gasteiger partial charge in [0.2, 0.25) is 5.91 Å². The molecule has 1 aromatic carbocycles. The van der Waals surface area contributed by atoms with Gasteiger partial charge in [0.05, 0.1) is 5.92 Å². The smallest absolute Gasteiger partial charge is 0.307 e. The molecule has 2 atom stereocenters. The molecular weight excluding hydrogens is 237 g/mol. The molecule has 18 heavy (non-hydrogen) atoms. The number of anilines is 1. The Labute approximate surface area is 105 Å². The van der Waals surface area contributed by atoms with Crippen LogP contribution in [0.5, 0.6) is 0 Å². The highest BCUT2D eigenvalue weighted by molar-refractivity contribution is 5.94. The highest BCUT2D eigenvalue weighted by Gasteiger charge is 2.25. The fourth-order valence-electron chi connectivity index (χ4n) is 1.51. The molecule has 0 radical (unpaired) electrons. The molecule has 98 valence electrons. The van der Waals surface area contributed by atoms with Crippen molar-refractivity contribution in [2.24, 2.45) is 11.8 Å². The number of hydrogen-bond acceptors (Lipinski definition) is 2. The molecule has 0 aliphatic heterocycles. The van der Waals surface area contributed by atoms with Gasteiger partial charge in [0, 0.05) is 11.6 Å². The summed E-state index contributed by atoms with van der Waals surface area (Å²) in [6.45, 7) is 4.70. The van der Waals surface area contributed by atoms with Gasteiger partial charge in [0.15, 0.2) is 0 Å². The Balaban J connectivity index is 2.78. The zero-order valence-corrected chi connectivity index (χ0v) is 10.5. The predicted molar refractivity (Wildman–Crippen MR) is 65.7 cm³/mol. The molecule has 0 aliphatic carbocycles. The second-order valence-corrected chi connectivity index (χ2v) is 4.42. The number of amides is 1. The normalized spacial score (nSPS) is 13.8. The Bertz CT molecular complexity index is 453. The Morgan fingerprint density at radius 1 is 1.22 bits per heavy atom. The molecule has 1 aromatic rings. The summed E-state index contributed by atoms with van der Waals surface area (Å²) in [6.07, 6.45) is 0. The average molecular weight is 253 g/mol. The van der Waals surface area contributed by atoms with Crippen LogP contribution in [-0.2, 0) is 9.59 Å². The summed E-state index contributed by atoms with van der Waals surface area (Å²) in [4.78, 5) is 22.5. The number of benzene rings is 1. The van der Waals surface area contributed by atoms with Crippen LogP contribution >= 0.6 is 0 Å². The first-order valence-corrected chi connectivity index (χ1v) is 5.62. The third kappa shape index (κ3) is 3.55. The average Bonchev–Trinajstić information content (AvgIpc) is 2.25. The minimum absolute atomic E-state index is 0.335. The SMILES string of the molecule is Cc1cc(F)cc(NC(=O)C(C)C(C)C(=O)O)c1. The molecule has 0 saturated heterocycles. The molecule has 0 fully saturated rings. The maximum Gasteiger partial charge on any atom is 0.307 e. The fourth-order valence-corrected chi connectivity index (χ4v) is 1.51. The van der Waals surface area contributed by atoms with Gasteiger partial charge in [0.25, 0.3) is 0 Å². The van der Waals surface area contributed by atoms with E-state index in [2.05, 4.69) is 5.32 Å². The molecule has 2 N–H and O–H groups in total. The molecule has 2 unspecified atom stereocenters. The largest absolute Gasteiger partial charge is 0.481 e. The highest BCUT2D eigenvalue weighted by Crippen LogP contribution is 2.17. The van der Waals surface area contributed by atoms with Gasteiger partial charge in [-0.15, -0.1) is 0 Å². The number of nitrogens with one attached hydrogen (secondary N) is 1. The van der Waals surface area contributed by atoms with E-state index >= 15 is 0 Å². The second-order valence-electron chi connectivity index (χ2n) is 4.42. The third-order valence-electron chi connectivity index (χ3n) is 2.86. The standard InChI is InChI=1S/C13H16FNO3/c1-7-4-10(14)6-11(5-7)15-12(16)8(2)9(3)13(17)18/h4-6,8-9H,1-3H3,(H,15,16)(H,17,18). The van der Waals surface area contributed by atoms with Gasteiger partial charge < -0.3 is 10.4 Å². The first kappa shape index (κ1) is 14.2. The van der Waals surface area contributed by atoms with Crippen molar-refractivity contribution in [3.05, 3.63) is 29.6 Å². The van der Waals surface area contributed by atoms with Gasteiger partial charge in [-0.25, -0.2) is 4.39 Å². The molecule has 0 aliphatic rings. The van der Waals surface area contributed by atoms with Crippen LogP contribution in [0.25, 0.3) is 0 Å². The van der Waals surface area contributed by atoms with E-state index in [1.165, 1.54) is 26.0 Å². The van der Waals surface area contributed by atoms with Gasteiger partial charge in [-0.3, -0.25) is 9.59 Å². The zero-order valence-electron chi connectivity index (χ0n) is 10.5. The van der Waals surface area contributed by atoms with Crippen molar-refractivity contribution in [1.82, 2.24) is 0 Å². The maximum absolute atomic E-state index is 13.1. The summed E-state index contributed by atoms with van der Waals surface area (Å²) in [6, 6.07) is 4.17. The summed E-state index contributed by atoms with van der Waals surface area (Å²) in [5, 5.41) is 11.3. The summed E-state index contributed by atoms with van der Waals surface area (Å²) in [7, 11) is 0. The Morgan fingerprint density at radius 2 is 1.83 bits per heavy atom. The van der Waals surface area contributed by atoms with Crippen LogP contribution in [0.4, 0.5) is 10.1 Å². The molecule has 0 spiro atoms. The fraction of sp³-hybridized carbons (Fsp3) is 0.385. The van der Waals surface area contributed by atoms with Gasteiger partial charge >= 0.3 is 5.97 Å². The van der Waals surface area contributed by atoms with Crippen molar-refractivity contribution in [3.8, 4) is 0 Å². The van der Waals surface area contributed by atoms with Crippen molar-refractivity contribution < 1.29 is 19.1 Å². The van der Waals surface area contributed by atoms with Crippen LogP contribution < -0.4 is 5.32 Å². The number of carboxylic acids is 1. The number of halogens is 1. The lowest BCUT2D eigenvalue weighted by atomic mass is 9.95. The third-order valence-corrected chi connectivity index (χ3v) is 2.86. The quantitative estimate of drug-likeness (QED) is 0.866. The minimum atomic E-state index is -1.03. The van der Waals surface area contributed by atoms with E-state index in [1.54, 1.807) is 13.0 Å². The molecule has 0 bridgehead atoms. The topological polar surface area (TPSA) is 66.4 Å². The maximum atomic E-state index is 13.1. The number of hydrogen-bond donors (Lipinski definition) is 2. The molecule has 0 saturated carbocycles. The Hall–Kier alpha value is -1.91. The van der Waals surface area contributed by atoms with Crippen LogP contribution in [0.3, 0.4) is 0 Å². The molecule has 0 aromatic heterocycles. The predicted octanol–water partition coefficient (Wildman–Crippen LogP) is 2.43. The highest BCUT2D eigenvalue weighted by atomic mass is 19.1. The lowest BCUT2D eigenvalue weighted by Crippen LogP contribution is -2.30. The van der Waals surface area contributed by atoms with Gasteiger partial charge in [-0.1, -0.05) is 13.8 Å². The number of aryl methyl sites for hydroxylation is 1. The second kappa shape index (κ2) is 5.62. The van der Waals surface area contributed by atoms with E-state index in [4.69, 9.17) is 5.11 Å².